The first-order chi connectivity index (χ1) is 12.2. The molecule has 26 heavy (non-hydrogen) atoms. The van der Waals surface area contributed by atoms with Gasteiger partial charge in [-0.05, 0) is 33.8 Å². The molecule has 0 aliphatic heterocycles. The van der Waals surface area contributed by atoms with E-state index in [0.29, 0.717) is 16.5 Å². The van der Waals surface area contributed by atoms with Crippen LogP contribution >= 0.6 is 11.3 Å². The third-order valence-electron chi connectivity index (χ3n) is 3.16. The van der Waals surface area contributed by atoms with Crippen LogP contribution in [0.3, 0.4) is 0 Å². The quantitative estimate of drug-likeness (QED) is 0.831. The van der Waals surface area contributed by atoms with Crippen LogP contribution in [0, 0.1) is 0 Å². The van der Waals surface area contributed by atoms with Crippen LogP contribution in [0.4, 0.5) is 20.4 Å². The standard InChI is InChI=1S/C18H23N3O4S/c1-6-24-16(22)20-13-10-8-7-9-12(13)14-11-26-15(19-14)21(5)17(23)25-18(2,3)4/h7-11H,6H2,1-5H3,(H,20,22). The second kappa shape index (κ2) is 8.18. The van der Waals surface area contributed by atoms with E-state index < -0.39 is 17.8 Å². The van der Waals surface area contributed by atoms with Gasteiger partial charge in [-0.25, -0.2) is 14.6 Å². The predicted octanol–water partition coefficient (Wildman–Crippen LogP) is 4.75. The average Bonchev–Trinajstić information content (AvgIpc) is 3.03. The molecule has 0 fully saturated rings. The molecule has 0 atom stereocenters. The zero-order valence-corrected chi connectivity index (χ0v) is 16.3. The van der Waals surface area contributed by atoms with Crippen LogP contribution < -0.4 is 10.2 Å². The molecule has 0 aliphatic rings. The molecule has 0 bridgehead atoms. The molecule has 8 heteroatoms. The van der Waals surface area contributed by atoms with E-state index in [2.05, 4.69) is 10.3 Å². The number of amides is 2. The Morgan fingerprint density at radius 3 is 2.62 bits per heavy atom. The highest BCUT2D eigenvalue weighted by Gasteiger charge is 2.23. The zero-order valence-electron chi connectivity index (χ0n) is 15.5. The van der Waals surface area contributed by atoms with Crippen LogP contribution in [-0.2, 0) is 9.47 Å². The molecule has 140 valence electrons. The summed E-state index contributed by atoms with van der Waals surface area (Å²) in [6.45, 7) is 7.45. The summed E-state index contributed by atoms with van der Waals surface area (Å²) >= 11 is 1.31. The summed E-state index contributed by atoms with van der Waals surface area (Å²) in [5, 5.41) is 5.02. The van der Waals surface area contributed by atoms with E-state index in [-0.39, 0.29) is 6.61 Å². The van der Waals surface area contributed by atoms with Gasteiger partial charge in [-0.15, -0.1) is 11.3 Å². The zero-order chi connectivity index (χ0) is 19.3. The first-order valence-corrected chi connectivity index (χ1v) is 9.04. The van der Waals surface area contributed by atoms with Crippen molar-refractivity contribution in [2.24, 2.45) is 0 Å². The lowest BCUT2D eigenvalue weighted by Crippen LogP contribution is -2.34. The van der Waals surface area contributed by atoms with Gasteiger partial charge in [0.15, 0.2) is 5.13 Å². The Kier molecular flexibility index (Phi) is 6.20. The Labute approximate surface area is 156 Å². The van der Waals surface area contributed by atoms with Gasteiger partial charge in [0.1, 0.15) is 5.60 Å². The lowest BCUT2D eigenvalue weighted by molar-refractivity contribution is 0.0589. The van der Waals surface area contributed by atoms with Gasteiger partial charge in [-0.2, -0.15) is 0 Å². The lowest BCUT2D eigenvalue weighted by atomic mass is 10.1. The molecule has 0 radical (unpaired) electrons. The number of thiazole rings is 1. The van der Waals surface area contributed by atoms with Gasteiger partial charge in [0.2, 0.25) is 0 Å². The smallest absolute Gasteiger partial charge is 0.416 e. The second-order valence-electron chi connectivity index (χ2n) is 6.45. The largest absolute Gasteiger partial charge is 0.450 e. The van der Waals surface area contributed by atoms with Gasteiger partial charge >= 0.3 is 12.2 Å². The summed E-state index contributed by atoms with van der Waals surface area (Å²) in [5.74, 6) is 0. The average molecular weight is 377 g/mol. The number of nitrogens with one attached hydrogen (secondary N) is 1. The number of anilines is 2. The summed E-state index contributed by atoms with van der Waals surface area (Å²) in [6, 6.07) is 7.27. The summed E-state index contributed by atoms with van der Waals surface area (Å²) in [6.07, 6.45) is -1.00. The highest BCUT2D eigenvalue weighted by Crippen LogP contribution is 2.32. The summed E-state index contributed by atoms with van der Waals surface area (Å²) in [4.78, 5) is 29.8. The van der Waals surface area contributed by atoms with Crippen molar-refractivity contribution in [3.63, 3.8) is 0 Å². The SMILES string of the molecule is CCOC(=O)Nc1ccccc1-c1csc(N(C)C(=O)OC(C)(C)C)n1. The third-order valence-corrected chi connectivity index (χ3v) is 4.08. The van der Waals surface area contributed by atoms with E-state index in [1.807, 2.05) is 44.4 Å². The maximum absolute atomic E-state index is 12.2. The fourth-order valence-electron chi connectivity index (χ4n) is 2.04. The lowest BCUT2D eigenvalue weighted by Gasteiger charge is -2.23. The van der Waals surface area contributed by atoms with E-state index in [9.17, 15) is 9.59 Å². The minimum atomic E-state index is -0.582. The molecule has 2 rings (SSSR count). The second-order valence-corrected chi connectivity index (χ2v) is 7.28. The fraction of sp³-hybridized carbons (Fsp3) is 0.389. The molecule has 1 aromatic heterocycles. The topological polar surface area (TPSA) is 80.8 Å². The number of para-hydroxylation sites is 1. The first kappa shape index (κ1) is 19.7. The van der Waals surface area contributed by atoms with Crippen molar-refractivity contribution < 1.29 is 19.1 Å². The number of rotatable bonds is 4. The van der Waals surface area contributed by atoms with Crippen LogP contribution in [0.1, 0.15) is 27.7 Å². The number of hydrogen-bond acceptors (Lipinski definition) is 6. The summed E-state index contributed by atoms with van der Waals surface area (Å²) in [7, 11) is 1.61. The number of benzene rings is 1. The molecule has 7 nitrogen and oxygen atoms in total. The molecule has 1 N–H and O–H groups in total. The highest BCUT2D eigenvalue weighted by atomic mass is 32.1. The molecule has 0 saturated heterocycles. The Hall–Kier alpha value is -2.61. The Bertz CT molecular complexity index is 783. The van der Waals surface area contributed by atoms with Crippen LogP contribution in [0.5, 0.6) is 0 Å². The molecule has 1 heterocycles. The summed E-state index contributed by atoms with van der Waals surface area (Å²) < 4.78 is 10.3. The number of carbonyl (C=O) groups excluding carboxylic acids is 2. The third kappa shape index (κ3) is 5.19. The normalized spacial score (nSPS) is 11.0. The predicted molar refractivity (Wildman–Crippen MR) is 103 cm³/mol. The van der Waals surface area contributed by atoms with Gasteiger partial charge < -0.3 is 9.47 Å². The summed E-state index contributed by atoms with van der Waals surface area (Å²) in [5.41, 5.74) is 1.39. The van der Waals surface area contributed by atoms with Gasteiger partial charge in [-0.1, -0.05) is 18.2 Å². The van der Waals surface area contributed by atoms with Crippen molar-refractivity contribution >= 4 is 34.3 Å². The fourth-order valence-corrected chi connectivity index (χ4v) is 2.82. The molecule has 0 aliphatic carbocycles. The van der Waals surface area contributed by atoms with E-state index in [1.165, 1.54) is 16.2 Å². The highest BCUT2D eigenvalue weighted by molar-refractivity contribution is 7.14. The molecular formula is C18H23N3O4S. The van der Waals surface area contributed by atoms with Crippen molar-refractivity contribution in [1.29, 1.82) is 0 Å². The Balaban J connectivity index is 2.22. The Morgan fingerprint density at radius 1 is 1.27 bits per heavy atom. The maximum Gasteiger partial charge on any atom is 0.416 e. The molecule has 0 spiro atoms. The van der Waals surface area contributed by atoms with Crippen LogP contribution in [-0.4, -0.2) is 36.4 Å². The molecule has 0 saturated carbocycles. The molecule has 1 aromatic carbocycles. The van der Waals surface area contributed by atoms with Crippen molar-refractivity contribution in [3.05, 3.63) is 29.6 Å². The van der Waals surface area contributed by atoms with Gasteiger partial charge in [0, 0.05) is 18.0 Å². The number of aromatic nitrogens is 1. The van der Waals surface area contributed by atoms with Gasteiger partial charge in [0.05, 0.1) is 18.0 Å². The maximum atomic E-state index is 12.2. The minimum absolute atomic E-state index is 0.287. The number of nitrogens with zero attached hydrogens (tertiary/aromatic N) is 2. The van der Waals surface area contributed by atoms with Crippen molar-refractivity contribution in [2.75, 3.05) is 23.9 Å². The van der Waals surface area contributed by atoms with Crippen molar-refractivity contribution in [3.8, 4) is 11.3 Å². The number of hydrogen-bond donors (Lipinski definition) is 1. The molecule has 2 aromatic rings. The van der Waals surface area contributed by atoms with E-state index >= 15 is 0 Å². The van der Waals surface area contributed by atoms with Crippen molar-refractivity contribution in [2.45, 2.75) is 33.3 Å². The first-order valence-electron chi connectivity index (χ1n) is 8.16. The van der Waals surface area contributed by atoms with Gasteiger partial charge in [-0.3, -0.25) is 10.2 Å². The molecule has 2 amide bonds. The molecular weight excluding hydrogens is 354 g/mol. The monoisotopic (exact) mass is 377 g/mol. The van der Waals surface area contributed by atoms with Crippen molar-refractivity contribution in [1.82, 2.24) is 4.98 Å². The van der Waals surface area contributed by atoms with Crippen LogP contribution in [0.25, 0.3) is 11.3 Å². The molecule has 0 unspecified atom stereocenters. The Morgan fingerprint density at radius 2 is 1.96 bits per heavy atom. The van der Waals surface area contributed by atoms with E-state index in [4.69, 9.17) is 9.47 Å². The number of carbonyl (C=O) groups is 2. The van der Waals surface area contributed by atoms with Crippen LogP contribution in [0.2, 0.25) is 0 Å². The van der Waals surface area contributed by atoms with Gasteiger partial charge in [0.25, 0.3) is 0 Å². The van der Waals surface area contributed by atoms with E-state index in [1.54, 1.807) is 20.0 Å². The number of ether oxygens (including phenoxy) is 2. The van der Waals surface area contributed by atoms with Crippen LogP contribution in [0.15, 0.2) is 29.6 Å². The van der Waals surface area contributed by atoms with E-state index in [0.717, 1.165) is 5.56 Å². The minimum Gasteiger partial charge on any atom is -0.450 e.